The summed E-state index contributed by atoms with van der Waals surface area (Å²) < 4.78 is 53.1. The largest absolute Gasteiger partial charge is 0.508 e. The van der Waals surface area contributed by atoms with Crippen LogP contribution in [0.15, 0.2) is 54.9 Å². The van der Waals surface area contributed by atoms with E-state index in [4.69, 9.17) is 0 Å². The number of halogens is 4. The highest BCUT2D eigenvalue weighted by atomic mass is 32.1. The average Bonchev–Trinajstić information content (AvgIpc) is 3.42. The van der Waals surface area contributed by atoms with Gasteiger partial charge in [-0.15, -0.1) is 11.3 Å². The van der Waals surface area contributed by atoms with E-state index in [9.17, 15) is 32.6 Å². The van der Waals surface area contributed by atoms with Gasteiger partial charge in [0, 0.05) is 24.1 Å². The van der Waals surface area contributed by atoms with Crippen molar-refractivity contribution in [3.05, 3.63) is 82.5 Å². The monoisotopic (exact) mass is 587 g/mol. The number of nitrogens with one attached hydrogen (secondary N) is 2. The minimum absolute atomic E-state index is 0.189. The van der Waals surface area contributed by atoms with Gasteiger partial charge in [-0.3, -0.25) is 4.79 Å². The number of amides is 1. The summed E-state index contributed by atoms with van der Waals surface area (Å²) in [5.41, 5.74) is -0.429. The van der Waals surface area contributed by atoms with Gasteiger partial charge in [0.05, 0.1) is 10.4 Å². The first-order valence-electron chi connectivity index (χ1n) is 12.7. The number of anilines is 2. The molecule has 4 aromatic rings. The highest BCUT2D eigenvalue weighted by Crippen LogP contribution is 2.41. The summed E-state index contributed by atoms with van der Waals surface area (Å²) in [6.07, 6.45) is -0.404. The van der Waals surface area contributed by atoms with Crippen LogP contribution in [0.1, 0.15) is 52.3 Å². The van der Waals surface area contributed by atoms with Crippen molar-refractivity contribution in [2.45, 2.75) is 50.4 Å². The zero-order valence-electron chi connectivity index (χ0n) is 21.7. The minimum atomic E-state index is -4.59. The lowest BCUT2D eigenvalue weighted by Crippen LogP contribution is -2.42. The second-order valence-corrected chi connectivity index (χ2v) is 11.0. The molecular formula is C28H25F4N5O3S. The lowest BCUT2D eigenvalue weighted by Gasteiger charge is -2.34. The molecule has 8 nitrogen and oxygen atoms in total. The standard InChI is InChI=1S/C28H25F4N5O3S/c1-15-10-16(12-18(11-15)36-26-33-9-6-23(37-26)28(30,31)32)22-14-34-25(41-22)27(40)7-4-17(5-8-27)35-24(39)20-13-19(38)2-3-21(20)29/h2-3,6,9-14,17,38,40H,4-5,7-8H2,1H3,(H,35,39)(H,33,36,37)/t17-,27-. The van der Waals surface area contributed by atoms with E-state index in [-0.39, 0.29) is 23.3 Å². The highest BCUT2D eigenvalue weighted by molar-refractivity contribution is 7.15. The van der Waals surface area contributed by atoms with Gasteiger partial charge in [0.1, 0.15) is 27.9 Å². The van der Waals surface area contributed by atoms with E-state index in [1.54, 1.807) is 18.3 Å². The van der Waals surface area contributed by atoms with Crippen LogP contribution in [-0.2, 0) is 11.8 Å². The molecule has 5 rings (SSSR count). The number of alkyl halides is 3. The molecule has 0 atom stereocenters. The highest BCUT2D eigenvalue weighted by Gasteiger charge is 2.38. The molecule has 2 heterocycles. The molecule has 1 fully saturated rings. The van der Waals surface area contributed by atoms with Crippen LogP contribution in [0.4, 0.5) is 29.2 Å². The summed E-state index contributed by atoms with van der Waals surface area (Å²) in [6.45, 7) is 1.84. The molecule has 0 unspecified atom stereocenters. The maximum atomic E-state index is 14.0. The van der Waals surface area contributed by atoms with Gasteiger partial charge in [-0.2, -0.15) is 13.2 Å². The van der Waals surface area contributed by atoms with Crippen LogP contribution in [0.3, 0.4) is 0 Å². The smallest absolute Gasteiger partial charge is 0.433 e. The summed E-state index contributed by atoms with van der Waals surface area (Å²) in [7, 11) is 0. The van der Waals surface area contributed by atoms with Crippen LogP contribution in [0.5, 0.6) is 5.75 Å². The number of rotatable bonds is 6. The molecule has 4 N–H and O–H groups in total. The number of carbonyl (C=O) groups excluding carboxylic acids is 1. The predicted octanol–water partition coefficient (Wildman–Crippen LogP) is 6.08. The molecular weight excluding hydrogens is 562 g/mol. The second kappa shape index (κ2) is 11.1. The average molecular weight is 588 g/mol. The number of hydrogen-bond acceptors (Lipinski definition) is 8. The van der Waals surface area contributed by atoms with Crippen LogP contribution in [0, 0.1) is 12.7 Å². The summed E-state index contributed by atoms with van der Waals surface area (Å²) in [5.74, 6) is -1.77. The van der Waals surface area contributed by atoms with E-state index in [2.05, 4.69) is 25.6 Å². The van der Waals surface area contributed by atoms with Crippen molar-refractivity contribution in [2.24, 2.45) is 0 Å². The summed E-state index contributed by atoms with van der Waals surface area (Å²) in [5, 5.41) is 27.0. The molecule has 13 heteroatoms. The fourth-order valence-electron chi connectivity index (χ4n) is 4.73. The van der Waals surface area contributed by atoms with E-state index in [0.29, 0.717) is 36.4 Å². The Morgan fingerprint density at radius 1 is 1.10 bits per heavy atom. The Hall–Kier alpha value is -4.10. The Kier molecular flexibility index (Phi) is 7.66. The number of aryl methyl sites for hydroxylation is 1. The van der Waals surface area contributed by atoms with Crippen LogP contribution >= 0.6 is 11.3 Å². The van der Waals surface area contributed by atoms with Gasteiger partial charge in [0.15, 0.2) is 0 Å². The Morgan fingerprint density at radius 3 is 2.59 bits per heavy atom. The van der Waals surface area contributed by atoms with E-state index in [1.165, 1.54) is 11.3 Å². The number of aliphatic hydroxyl groups is 1. The third kappa shape index (κ3) is 6.46. The topological polar surface area (TPSA) is 120 Å². The minimum Gasteiger partial charge on any atom is -0.508 e. The molecule has 0 bridgehead atoms. The van der Waals surface area contributed by atoms with Crippen LogP contribution in [0.2, 0.25) is 0 Å². The molecule has 1 aliphatic rings. The first-order valence-corrected chi connectivity index (χ1v) is 13.5. The quantitative estimate of drug-likeness (QED) is 0.202. The Balaban J connectivity index is 1.27. The molecule has 0 spiro atoms. The van der Waals surface area contributed by atoms with Gasteiger partial charge in [0.2, 0.25) is 5.95 Å². The van der Waals surface area contributed by atoms with Crippen molar-refractivity contribution in [3.8, 4) is 16.2 Å². The number of phenolic OH excluding ortho intramolecular Hbond substituents is 1. The SMILES string of the molecule is Cc1cc(Nc2nccc(C(F)(F)F)n2)cc(-c2cnc([C@]3(O)CC[C@H](NC(=O)c4cc(O)ccc4F)CC3)s2)c1. The Morgan fingerprint density at radius 2 is 1.85 bits per heavy atom. The van der Waals surface area contributed by atoms with Gasteiger partial charge in [0.25, 0.3) is 5.91 Å². The molecule has 1 saturated carbocycles. The van der Waals surface area contributed by atoms with Crippen molar-refractivity contribution in [1.82, 2.24) is 20.3 Å². The lowest BCUT2D eigenvalue weighted by molar-refractivity contribution is -0.141. The van der Waals surface area contributed by atoms with Crippen molar-refractivity contribution in [2.75, 3.05) is 5.32 Å². The fraction of sp³-hybridized carbons (Fsp3) is 0.286. The summed E-state index contributed by atoms with van der Waals surface area (Å²) in [6, 6.07) is 9.15. The van der Waals surface area contributed by atoms with Gasteiger partial charge in [-0.1, -0.05) is 6.07 Å². The zero-order chi connectivity index (χ0) is 29.4. The number of benzene rings is 2. The molecule has 2 aromatic carbocycles. The van der Waals surface area contributed by atoms with Crippen molar-refractivity contribution in [3.63, 3.8) is 0 Å². The third-order valence-corrected chi connectivity index (χ3v) is 8.05. The van der Waals surface area contributed by atoms with Gasteiger partial charge < -0.3 is 20.8 Å². The zero-order valence-corrected chi connectivity index (χ0v) is 22.5. The normalized spacial score (nSPS) is 19.1. The van der Waals surface area contributed by atoms with Crippen LogP contribution < -0.4 is 10.6 Å². The number of aromatic nitrogens is 3. The van der Waals surface area contributed by atoms with Gasteiger partial charge in [-0.25, -0.2) is 19.3 Å². The van der Waals surface area contributed by atoms with E-state index in [0.717, 1.165) is 46.5 Å². The van der Waals surface area contributed by atoms with E-state index in [1.807, 2.05) is 13.0 Å². The Labute approximate surface area is 236 Å². The van der Waals surface area contributed by atoms with Crippen LogP contribution in [-0.4, -0.2) is 37.1 Å². The van der Waals surface area contributed by atoms with Crippen molar-refractivity contribution >= 4 is 28.9 Å². The number of aromatic hydroxyl groups is 1. The predicted molar refractivity (Wildman–Crippen MR) is 144 cm³/mol. The van der Waals surface area contributed by atoms with E-state index < -0.39 is 29.2 Å². The number of nitrogens with zero attached hydrogens (tertiary/aromatic N) is 3. The van der Waals surface area contributed by atoms with Gasteiger partial charge in [-0.05, 0) is 80.1 Å². The summed E-state index contributed by atoms with van der Waals surface area (Å²) in [4.78, 5) is 25.2. The second-order valence-electron chi connectivity index (χ2n) is 9.95. The fourth-order valence-corrected chi connectivity index (χ4v) is 5.78. The number of thiazole rings is 1. The molecule has 1 aliphatic carbocycles. The molecule has 214 valence electrons. The maximum absolute atomic E-state index is 14.0. The van der Waals surface area contributed by atoms with Crippen molar-refractivity contribution in [1.29, 1.82) is 0 Å². The molecule has 41 heavy (non-hydrogen) atoms. The molecule has 1 amide bonds. The Bertz CT molecular complexity index is 1590. The lowest BCUT2D eigenvalue weighted by atomic mass is 9.82. The van der Waals surface area contributed by atoms with E-state index >= 15 is 0 Å². The van der Waals surface area contributed by atoms with Crippen molar-refractivity contribution < 1.29 is 32.6 Å². The maximum Gasteiger partial charge on any atom is 0.433 e. The molecule has 0 aliphatic heterocycles. The first-order chi connectivity index (χ1) is 19.4. The van der Waals surface area contributed by atoms with Gasteiger partial charge >= 0.3 is 6.18 Å². The third-order valence-electron chi connectivity index (χ3n) is 6.81. The number of hydrogen-bond donors (Lipinski definition) is 4. The molecule has 2 aromatic heterocycles. The van der Waals surface area contributed by atoms with Crippen LogP contribution in [0.25, 0.3) is 10.4 Å². The number of phenols is 1. The molecule has 0 saturated heterocycles. The summed E-state index contributed by atoms with van der Waals surface area (Å²) >= 11 is 1.30. The number of carbonyl (C=O) groups is 1. The first kappa shape index (κ1) is 28.4. The molecule has 0 radical (unpaired) electrons.